The number of halogens is 1. The van der Waals surface area contributed by atoms with E-state index in [1.807, 2.05) is 10.9 Å². The van der Waals surface area contributed by atoms with E-state index in [4.69, 9.17) is 0 Å². The summed E-state index contributed by atoms with van der Waals surface area (Å²) < 4.78 is 3.15. The van der Waals surface area contributed by atoms with Crippen LogP contribution in [-0.4, -0.2) is 16.3 Å². The van der Waals surface area contributed by atoms with Crippen LogP contribution >= 0.6 is 27.3 Å². The van der Waals surface area contributed by atoms with Crippen LogP contribution in [0.1, 0.15) is 36.8 Å². The van der Waals surface area contributed by atoms with Crippen molar-refractivity contribution in [3.05, 3.63) is 38.8 Å². The van der Waals surface area contributed by atoms with Crippen LogP contribution in [0, 0.1) is 0 Å². The highest BCUT2D eigenvalue weighted by Crippen LogP contribution is 2.27. The molecule has 0 aromatic carbocycles. The van der Waals surface area contributed by atoms with Crippen LogP contribution < -0.4 is 5.32 Å². The predicted octanol–water partition coefficient (Wildman–Crippen LogP) is 4.01. The zero-order chi connectivity index (χ0) is 13.7. The predicted molar refractivity (Wildman–Crippen MR) is 84.7 cm³/mol. The zero-order valence-electron chi connectivity index (χ0n) is 11.4. The van der Waals surface area contributed by atoms with Gasteiger partial charge in [0.1, 0.15) is 0 Å². The lowest BCUT2D eigenvalue weighted by atomic mass is 10.1. The molecule has 0 aliphatic carbocycles. The Hall–Kier alpha value is -0.650. The van der Waals surface area contributed by atoms with Crippen molar-refractivity contribution in [3.63, 3.8) is 0 Å². The Morgan fingerprint density at radius 1 is 1.47 bits per heavy atom. The topological polar surface area (TPSA) is 29.9 Å². The molecule has 2 aromatic heterocycles. The van der Waals surface area contributed by atoms with E-state index in [2.05, 4.69) is 57.8 Å². The average molecular weight is 342 g/mol. The molecule has 1 N–H and O–H groups in total. The second kappa shape index (κ2) is 7.22. The molecule has 104 valence electrons. The van der Waals surface area contributed by atoms with E-state index in [1.54, 1.807) is 11.3 Å². The van der Waals surface area contributed by atoms with Crippen LogP contribution in [0.15, 0.2) is 28.3 Å². The largest absolute Gasteiger partial charge is 0.309 e. The molecule has 0 saturated heterocycles. The van der Waals surface area contributed by atoms with Gasteiger partial charge in [0.25, 0.3) is 0 Å². The molecule has 2 aromatic rings. The summed E-state index contributed by atoms with van der Waals surface area (Å²) in [7, 11) is 0. The molecule has 2 rings (SSSR count). The second-order valence-electron chi connectivity index (χ2n) is 4.58. The van der Waals surface area contributed by atoms with Crippen molar-refractivity contribution in [2.24, 2.45) is 0 Å². The molecule has 0 bridgehead atoms. The van der Waals surface area contributed by atoms with Crippen molar-refractivity contribution in [1.29, 1.82) is 0 Å². The fourth-order valence-corrected chi connectivity index (χ4v) is 3.54. The lowest BCUT2D eigenvalue weighted by Crippen LogP contribution is -2.23. The van der Waals surface area contributed by atoms with Gasteiger partial charge >= 0.3 is 0 Å². The normalized spacial score (nSPS) is 12.8. The van der Waals surface area contributed by atoms with Gasteiger partial charge in [0, 0.05) is 33.5 Å². The number of aromatic nitrogens is 2. The number of aryl methyl sites for hydroxylation is 1. The number of hydrogen-bond donors (Lipinski definition) is 1. The van der Waals surface area contributed by atoms with Crippen molar-refractivity contribution >= 4 is 27.3 Å². The highest BCUT2D eigenvalue weighted by Gasteiger charge is 2.14. The third-order valence-electron chi connectivity index (χ3n) is 3.02. The summed E-state index contributed by atoms with van der Waals surface area (Å²) in [4.78, 5) is 1.38. The van der Waals surface area contributed by atoms with Crippen LogP contribution in [0.3, 0.4) is 0 Å². The number of thiophene rings is 1. The molecule has 0 saturated carbocycles. The number of rotatable bonds is 7. The Bertz CT molecular complexity index is 506. The molecular weight excluding hydrogens is 322 g/mol. The summed E-state index contributed by atoms with van der Waals surface area (Å²) in [6, 6.07) is 2.59. The van der Waals surface area contributed by atoms with Gasteiger partial charge in [-0.25, -0.2) is 0 Å². The van der Waals surface area contributed by atoms with Crippen molar-refractivity contribution < 1.29 is 0 Å². The van der Waals surface area contributed by atoms with E-state index in [0.717, 1.165) is 25.9 Å². The van der Waals surface area contributed by atoms with E-state index in [0.29, 0.717) is 6.04 Å². The summed E-state index contributed by atoms with van der Waals surface area (Å²) in [6.07, 6.45) is 6.26. The van der Waals surface area contributed by atoms with Crippen LogP contribution in [0.2, 0.25) is 0 Å². The summed E-state index contributed by atoms with van der Waals surface area (Å²) >= 11 is 5.34. The minimum Gasteiger partial charge on any atom is -0.309 e. The first kappa shape index (κ1) is 14.8. The van der Waals surface area contributed by atoms with Crippen LogP contribution in [-0.2, 0) is 13.0 Å². The third-order valence-corrected chi connectivity index (χ3v) is 4.83. The molecule has 5 heteroatoms. The summed E-state index contributed by atoms with van der Waals surface area (Å²) in [5.74, 6) is 0. The van der Waals surface area contributed by atoms with Crippen molar-refractivity contribution in [3.8, 4) is 0 Å². The van der Waals surface area contributed by atoms with Crippen molar-refractivity contribution in [1.82, 2.24) is 15.1 Å². The Kier molecular flexibility index (Phi) is 5.60. The maximum Gasteiger partial charge on any atom is 0.0522 e. The minimum absolute atomic E-state index is 0.380. The maximum atomic E-state index is 4.35. The van der Waals surface area contributed by atoms with Gasteiger partial charge in [0.15, 0.2) is 0 Å². The molecule has 0 fully saturated rings. The number of nitrogens with one attached hydrogen (secondary N) is 1. The molecular formula is C14H20BrN3S. The fourth-order valence-electron chi connectivity index (χ4n) is 2.02. The quantitative estimate of drug-likeness (QED) is 0.824. The van der Waals surface area contributed by atoms with E-state index >= 15 is 0 Å². The number of hydrogen-bond acceptors (Lipinski definition) is 3. The molecule has 1 unspecified atom stereocenters. The second-order valence-corrected chi connectivity index (χ2v) is 6.44. The monoisotopic (exact) mass is 341 g/mol. The molecule has 0 aliphatic rings. The van der Waals surface area contributed by atoms with Crippen LogP contribution in [0.25, 0.3) is 0 Å². The number of nitrogens with zero attached hydrogens (tertiary/aromatic N) is 2. The van der Waals surface area contributed by atoms with Gasteiger partial charge in [0.05, 0.1) is 6.20 Å². The molecule has 0 radical (unpaired) electrons. The Morgan fingerprint density at radius 2 is 2.32 bits per heavy atom. The molecule has 0 spiro atoms. The average Bonchev–Trinajstić information content (AvgIpc) is 3.03. The smallest absolute Gasteiger partial charge is 0.0522 e. The lowest BCUT2D eigenvalue weighted by Gasteiger charge is -2.16. The van der Waals surface area contributed by atoms with Gasteiger partial charge in [-0.05, 0) is 53.9 Å². The first-order valence-corrected chi connectivity index (χ1v) is 8.38. The Morgan fingerprint density at radius 3 is 2.89 bits per heavy atom. The van der Waals surface area contributed by atoms with Crippen molar-refractivity contribution in [2.75, 3.05) is 6.54 Å². The highest BCUT2D eigenvalue weighted by molar-refractivity contribution is 9.10. The first-order chi connectivity index (χ1) is 9.22. The first-order valence-electron chi connectivity index (χ1n) is 6.71. The van der Waals surface area contributed by atoms with Crippen LogP contribution in [0.5, 0.6) is 0 Å². The molecule has 19 heavy (non-hydrogen) atoms. The standard InChI is InChI=1S/C14H20BrN3S/c1-3-5-16-13(14-7-12(15)10-19-14)6-11-8-17-18(4-2)9-11/h7-10,13,16H,3-6H2,1-2H3. The maximum absolute atomic E-state index is 4.35. The molecule has 1 atom stereocenters. The van der Waals surface area contributed by atoms with E-state index in [9.17, 15) is 0 Å². The molecule has 3 nitrogen and oxygen atoms in total. The summed E-state index contributed by atoms with van der Waals surface area (Å²) in [5.41, 5.74) is 1.29. The van der Waals surface area contributed by atoms with E-state index < -0.39 is 0 Å². The van der Waals surface area contributed by atoms with Gasteiger partial charge in [-0.2, -0.15) is 5.10 Å². The SMILES string of the molecule is CCCNC(Cc1cnn(CC)c1)c1cc(Br)cs1. The van der Waals surface area contributed by atoms with Gasteiger partial charge in [-0.1, -0.05) is 6.92 Å². The van der Waals surface area contributed by atoms with Gasteiger partial charge < -0.3 is 5.32 Å². The molecule has 0 aliphatic heterocycles. The van der Waals surface area contributed by atoms with Crippen LogP contribution in [0.4, 0.5) is 0 Å². The highest BCUT2D eigenvalue weighted by atomic mass is 79.9. The molecule has 2 heterocycles. The van der Waals surface area contributed by atoms with Gasteiger partial charge in [0.2, 0.25) is 0 Å². The van der Waals surface area contributed by atoms with E-state index in [-0.39, 0.29) is 0 Å². The van der Waals surface area contributed by atoms with Gasteiger partial charge in [-0.15, -0.1) is 11.3 Å². The third kappa shape index (κ3) is 4.16. The lowest BCUT2D eigenvalue weighted by molar-refractivity contribution is 0.536. The zero-order valence-corrected chi connectivity index (χ0v) is 13.8. The minimum atomic E-state index is 0.380. The van der Waals surface area contributed by atoms with E-state index in [1.165, 1.54) is 14.9 Å². The van der Waals surface area contributed by atoms with Crippen molar-refractivity contribution in [2.45, 2.75) is 39.3 Å². The summed E-state index contributed by atoms with van der Waals surface area (Å²) in [6.45, 7) is 6.28. The Labute approximate surface area is 127 Å². The summed E-state index contributed by atoms with van der Waals surface area (Å²) in [5, 5.41) is 10.1. The van der Waals surface area contributed by atoms with Gasteiger partial charge in [-0.3, -0.25) is 4.68 Å². The Balaban J connectivity index is 2.09. The fraction of sp³-hybridized carbons (Fsp3) is 0.500. The molecule has 0 amide bonds.